The third-order valence-corrected chi connectivity index (χ3v) is 4.06. The van der Waals surface area contributed by atoms with Crippen LogP contribution in [0.3, 0.4) is 0 Å². The maximum absolute atomic E-state index is 12.5. The van der Waals surface area contributed by atoms with Crippen LogP contribution in [0.15, 0.2) is 46.8 Å². The fourth-order valence-corrected chi connectivity index (χ4v) is 2.97. The molecule has 122 valence electrons. The minimum Gasteiger partial charge on any atom is -0.321 e. The predicted octanol–water partition coefficient (Wildman–Crippen LogP) is 4.17. The van der Waals surface area contributed by atoms with Gasteiger partial charge in [0.1, 0.15) is 0 Å². The Labute approximate surface area is 138 Å². The van der Waals surface area contributed by atoms with Crippen molar-refractivity contribution in [1.29, 1.82) is 0 Å². The first-order valence-electron chi connectivity index (χ1n) is 7.47. The van der Waals surface area contributed by atoms with Gasteiger partial charge >= 0.3 is 0 Å². The van der Waals surface area contributed by atoms with E-state index >= 15 is 0 Å². The summed E-state index contributed by atoms with van der Waals surface area (Å²) >= 11 is 0. The quantitative estimate of drug-likeness (QED) is 0.914. The van der Waals surface area contributed by atoms with E-state index in [1.807, 2.05) is 25.1 Å². The van der Waals surface area contributed by atoms with Crippen molar-refractivity contribution in [1.82, 2.24) is 0 Å². The lowest BCUT2D eigenvalue weighted by atomic mass is 10.1. The molecule has 0 saturated carbocycles. The van der Waals surface area contributed by atoms with Gasteiger partial charge in [0.25, 0.3) is 5.91 Å². The highest BCUT2D eigenvalue weighted by atomic mass is 32.2. The van der Waals surface area contributed by atoms with Crippen LogP contribution >= 0.6 is 0 Å². The maximum atomic E-state index is 12.5. The van der Waals surface area contributed by atoms with Crippen molar-refractivity contribution in [3.8, 4) is 0 Å². The number of hydrogen-bond donors (Lipinski definition) is 1. The van der Waals surface area contributed by atoms with E-state index in [4.69, 9.17) is 0 Å². The summed E-state index contributed by atoms with van der Waals surface area (Å²) in [5, 5.41) is 2.98. The molecule has 0 fully saturated rings. The number of aryl methyl sites for hydroxylation is 2. The van der Waals surface area contributed by atoms with Crippen molar-refractivity contribution < 1.29 is 9.00 Å². The molecule has 2 rings (SSSR count). The van der Waals surface area contributed by atoms with Gasteiger partial charge in [0.2, 0.25) is 0 Å². The van der Waals surface area contributed by atoms with E-state index in [2.05, 4.69) is 16.6 Å². The molecule has 0 radical (unpaired) electrons. The van der Waals surface area contributed by atoms with E-state index < -0.39 is 9.73 Å². The molecule has 2 aromatic carbocycles. The molecule has 0 aliphatic rings. The van der Waals surface area contributed by atoms with Crippen LogP contribution in [0.5, 0.6) is 0 Å². The third-order valence-electron chi connectivity index (χ3n) is 3.41. The molecule has 2 aromatic rings. The van der Waals surface area contributed by atoms with Gasteiger partial charge in [-0.15, -0.1) is 0 Å². The van der Waals surface area contributed by atoms with Crippen molar-refractivity contribution >= 4 is 27.0 Å². The zero-order valence-corrected chi connectivity index (χ0v) is 14.7. The van der Waals surface area contributed by atoms with Gasteiger partial charge in [-0.3, -0.25) is 4.79 Å². The highest BCUT2D eigenvalue weighted by molar-refractivity contribution is 7.92. The smallest absolute Gasteiger partial charge is 0.255 e. The van der Waals surface area contributed by atoms with E-state index in [1.165, 1.54) is 0 Å². The molecule has 0 unspecified atom stereocenters. The number of benzene rings is 2. The highest BCUT2D eigenvalue weighted by Crippen LogP contribution is 2.23. The Morgan fingerprint density at radius 1 is 1.17 bits per heavy atom. The lowest BCUT2D eigenvalue weighted by Crippen LogP contribution is -2.14. The molecule has 0 heterocycles. The summed E-state index contributed by atoms with van der Waals surface area (Å²) in [5.74, 6) is -0.190. The summed E-state index contributed by atoms with van der Waals surface area (Å²) in [5.41, 5.74) is 4.04. The Balaban J connectivity index is 2.33. The monoisotopic (exact) mass is 330 g/mol. The molecule has 23 heavy (non-hydrogen) atoms. The second-order valence-electron chi connectivity index (χ2n) is 5.74. The van der Waals surface area contributed by atoms with Crippen LogP contribution in [0.1, 0.15) is 28.4 Å². The summed E-state index contributed by atoms with van der Waals surface area (Å²) in [6.45, 7) is 4.03. The van der Waals surface area contributed by atoms with Gasteiger partial charge in [-0.2, -0.15) is 4.36 Å². The van der Waals surface area contributed by atoms with Gasteiger partial charge in [0, 0.05) is 33.5 Å². The van der Waals surface area contributed by atoms with Crippen LogP contribution in [0.4, 0.5) is 11.4 Å². The van der Waals surface area contributed by atoms with Crippen molar-refractivity contribution in [2.24, 2.45) is 4.36 Å². The van der Waals surface area contributed by atoms with Gasteiger partial charge in [-0.1, -0.05) is 31.2 Å². The maximum Gasteiger partial charge on any atom is 0.255 e. The predicted molar refractivity (Wildman–Crippen MR) is 97.0 cm³/mol. The zero-order valence-electron chi connectivity index (χ0n) is 13.9. The molecule has 4 nitrogen and oxygen atoms in total. The number of nitrogens with zero attached hydrogens (tertiary/aromatic N) is 1. The molecule has 0 spiro atoms. The van der Waals surface area contributed by atoms with Crippen LogP contribution < -0.4 is 5.32 Å². The first-order valence-corrected chi connectivity index (χ1v) is 9.80. The van der Waals surface area contributed by atoms with E-state index in [-0.39, 0.29) is 5.91 Å². The van der Waals surface area contributed by atoms with Crippen LogP contribution in [0.25, 0.3) is 0 Å². The molecule has 0 aliphatic carbocycles. The number of para-hydroxylation sites is 1. The zero-order chi connectivity index (χ0) is 17.0. The van der Waals surface area contributed by atoms with Crippen LogP contribution in [-0.2, 0) is 16.1 Å². The average molecular weight is 330 g/mol. The minimum atomic E-state index is -2.25. The number of amides is 1. The van der Waals surface area contributed by atoms with Gasteiger partial charge in [0.15, 0.2) is 0 Å². The standard InChI is InChI=1S/C18H22N2O2S/c1-5-14-9-6-8-13(2)17(14)19-18(21)15-10-7-11-16(12-15)20-23(3,4)22/h6-12H,5H2,1-4H3,(H,19,21). The molecule has 0 aliphatic heterocycles. The fraction of sp³-hybridized carbons (Fsp3) is 0.278. The third kappa shape index (κ3) is 4.66. The van der Waals surface area contributed by atoms with Crippen LogP contribution in [0.2, 0.25) is 0 Å². The average Bonchev–Trinajstić information content (AvgIpc) is 2.47. The molecular weight excluding hydrogens is 308 g/mol. The highest BCUT2D eigenvalue weighted by Gasteiger charge is 2.11. The minimum absolute atomic E-state index is 0.190. The SMILES string of the molecule is CCc1cccc(C)c1NC(=O)c1cccc(N=S(C)(C)=O)c1. The van der Waals surface area contributed by atoms with Gasteiger partial charge in [-0.05, 0) is 42.7 Å². The number of carbonyl (C=O) groups is 1. The summed E-state index contributed by atoms with van der Waals surface area (Å²) < 4.78 is 15.9. The lowest BCUT2D eigenvalue weighted by Gasteiger charge is -2.13. The molecule has 0 atom stereocenters. The molecule has 1 amide bonds. The Morgan fingerprint density at radius 3 is 2.52 bits per heavy atom. The lowest BCUT2D eigenvalue weighted by molar-refractivity contribution is 0.102. The fourth-order valence-electron chi connectivity index (χ4n) is 2.35. The molecule has 0 saturated heterocycles. The first kappa shape index (κ1) is 17.2. The van der Waals surface area contributed by atoms with Gasteiger partial charge < -0.3 is 5.32 Å². The van der Waals surface area contributed by atoms with E-state index in [1.54, 1.807) is 36.8 Å². The summed E-state index contributed by atoms with van der Waals surface area (Å²) in [4.78, 5) is 12.5. The van der Waals surface area contributed by atoms with Crippen LogP contribution in [0, 0.1) is 6.92 Å². The number of hydrogen-bond acceptors (Lipinski definition) is 3. The molecule has 1 N–H and O–H groups in total. The van der Waals surface area contributed by atoms with Crippen molar-refractivity contribution in [2.45, 2.75) is 20.3 Å². The second kappa shape index (κ2) is 6.96. The Morgan fingerprint density at radius 2 is 1.87 bits per heavy atom. The second-order valence-corrected chi connectivity index (χ2v) is 8.28. The van der Waals surface area contributed by atoms with E-state index in [0.29, 0.717) is 11.3 Å². The molecule has 5 heteroatoms. The number of carbonyl (C=O) groups excluding carboxylic acids is 1. The first-order chi connectivity index (χ1) is 10.8. The van der Waals surface area contributed by atoms with Gasteiger partial charge in [0.05, 0.1) is 5.69 Å². The summed E-state index contributed by atoms with van der Waals surface area (Å²) in [6, 6.07) is 12.9. The normalized spacial score (nSPS) is 11.1. The van der Waals surface area contributed by atoms with Crippen LogP contribution in [-0.4, -0.2) is 22.6 Å². The van der Waals surface area contributed by atoms with E-state index in [0.717, 1.165) is 23.2 Å². The van der Waals surface area contributed by atoms with Crippen molar-refractivity contribution in [3.63, 3.8) is 0 Å². The molecule has 0 aromatic heterocycles. The number of rotatable bonds is 4. The topological polar surface area (TPSA) is 58.5 Å². The molecule has 0 bridgehead atoms. The number of anilines is 1. The number of nitrogens with one attached hydrogen (secondary N) is 1. The van der Waals surface area contributed by atoms with E-state index in [9.17, 15) is 9.00 Å². The van der Waals surface area contributed by atoms with Crippen molar-refractivity contribution in [3.05, 3.63) is 59.2 Å². The Kier molecular flexibility index (Phi) is 5.21. The summed E-state index contributed by atoms with van der Waals surface area (Å²) in [6.07, 6.45) is 3.99. The Hall–Kier alpha value is -2.14. The Bertz CT molecular complexity index is 842. The summed E-state index contributed by atoms with van der Waals surface area (Å²) in [7, 11) is -2.25. The van der Waals surface area contributed by atoms with Gasteiger partial charge in [-0.25, -0.2) is 4.21 Å². The molecular formula is C18H22N2O2S. The largest absolute Gasteiger partial charge is 0.321 e. The van der Waals surface area contributed by atoms with Crippen molar-refractivity contribution in [2.75, 3.05) is 17.8 Å².